The van der Waals surface area contributed by atoms with Crippen molar-refractivity contribution in [2.75, 3.05) is 6.61 Å². The van der Waals surface area contributed by atoms with Crippen molar-refractivity contribution in [3.8, 4) is 11.5 Å². The van der Waals surface area contributed by atoms with Crippen molar-refractivity contribution >= 4 is 64.5 Å². The minimum atomic E-state index is -0.611. The molecule has 10 heteroatoms. The predicted octanol–water partition coefficient (Wildman–Crippen LogP) is 6.05. The van der Waals surface area contributed by atoms with Crippen LogP contribution in [0, 0.1) is 0 Å². The number of hydrogen-bond acceptors (Lipinski definition) is 5. The molecule has 0 atom stereocenters. The summed E-state index contributed by atoms with van der Waals surface area (Å²) in [5, 5.41) is 5.02. The number of benzene rings is 3. The summed E-state index contributed by atoms with van der Waals surface area (Å²) < 4.78 is 10.6. The molecule has 0 fully saturated rings. The van der Waals surface area contributed by atoms with Crippen molar-refractivity contribution in [2.24, 2.45) is 5.10 Å². The van der Waals surface area contributed by atoms with Crippen molar-refractivity contribution in [3.63, 3.8) is 0 Å². The largest absolute Gasteiger partial charge is 0.482 e. The molecule has 0 aliphatic rings. The molecule has 0 saturated carbocycles. The molecule has 0 spiro atoms. The second-order valence-electron chi connectivity index (χ2n) is 6.22. The molecule has 3 aromatic carbocycles. The zero-order chi connectivity index (χ0) is 23.1. The molecule has 0 aliphatic carbocycles. The first kappa shape index (κ1) is 23.9. The summed E-state index contributed by atoms with van der Waals surface area (Å²) in [5.41, 5.74) is 3.19. The minimum Gasteiger partial charge on any atom is -0.482 e. The summed E-state index contributed by atoms with van der Waals surface area (Å²) in [6.45, 7) is -0.292. The number of carbonyl (C=O) groups excluding carboxylic acids is 2. The molecular formula is C22H14Cl4N2O4. The summed E-state index contributed by atoms with van der Waals surface area (Å²) in [7, 11) is 0. The molecular weight excluding hydrogens is 498 g/mol. The third-order valence-electron chi connectivity index (χ3n) is 3.92. The maximum Gasteiger partial charge on any atom is 0.345 e. The maximum atomic E-state index is 12.2. The molecule has 0 saturated heterocycles. The smallest absolute Gasteiger partial charge is 0.345 e. The van der Waals surface area contributed by atoms with E-state index in [9.17, 15) is 9.59 Å². The molecule has 3 rings (SSSR count). The average molecular weight is 512 g/mol. The van der Waals surface area contributed by atoms with E-state index in [2.05, 4.69) is 10.5 Å². The van der Waals surface area contributed by atoms with Crippen LogP contribution >= 0.6 is 46.4 Å². The lowest BCUT2D eigenvalue weighted by molar-refractivity contribution is -0.123. The Bertz CT molecular complexity index is 1170. The fourth-order valence-corrected chi connectivity index (χ4v) is 3.22. The highest BCUT2D eigenvalue weighted by Crippen LogP contribution is 2.31. The van der Waals surface area contributed by atoms with E-state index in [1.165, 1.54) is 18.3 Å². The molecule has 0 radical (unpaired) electrons. The quantitative estimate of drug-likeness (QED) is 0.181. The van der Waals surface area contributed by atoms with E-state index in [0.717, 1.165) is 0 Å². The van der Waals surface area contributed by atoms with Gasteiger partial charge < -0.3 is 9.47 Å². The van der Waals surface area contributed by atoms with Gasteiger partial charge in [0.2, 0.25) is 0 Å². The van der Waals surface area contributed by atoms with Gasteiger partial charge in [0.05, 0.1) is 21.8 Å². The van der Waals surface area contributed by atoms with E-state index in [1.54, 1.807) is 48.5 Å². The van der Waals surface area contributed by atoms with Crippen LogP contribution in [0.2, 0.25) is 20.1 Å². The SMILES string of the molecule is O=C(COc1cccc(Cl)c1Cl)N/N=C/c1ccc(OC(=O)c2ccc(Cl)cc2Cl)cc1. The van der Waals surface area contributed by atoms with Crippen molar-refractivity contribution < 1.29 is 19.1 Å². The van der Waals surface area contributed by atoms with Crippen molar-refractivity contribution in [3.05, 3.63) is 91.9 Å². The number of rotatable bonds is 7. The van der Waals surface area contributed by atoms with Gasteiger partial charge in [0, 0.05) is 5.02 Å². The van der Waals surface area contributed by atoms with Crippen LogP contribution in [-0.4, -0.2) is 24.7 Å². The van der Waals surface area contributed by atoms with E-state index >= 15 is 0 Å². The van der Waals surface area contributed by atoms with Gasteiger partial charge in [0.15, 0.2) is 6.61 Å². The Kier molecular flexibility index (Phi) is 8.36. The van der Waals surface area contributed by atoms with Gasteiger partial charge in [-0.25, -0.2) is 10.2 Å². The van der Waals surface area contributed by atoms with Gasteiger partial charge in [-0.1, -0.05) is 52.5 Å². The number of hydrogen-bond donors (Lipinski definition) is 1. The van der Waals surface area contributed by atoms with Crippen LogP contribution in [0.1, 0.15) is 15.9 Å². The zero-order valence-electron chi connectivity index (χ0n) is 16.2. The number of ether oxygens (including phenoxy) is 2. The zero-order valence-corrected chi connectivity index (χ0v) is 19.2. The van der Waals surface area contributed by atoms with Gasteiger partial charge in [0.25, 0.3) is 5.91 Å². The Hall–Kier alpha value is -2.77. The number of nitrogens with one attached hydrogen (secondary N) is 1. The van der Waals surface area contributed by atoms with Crippen molar-refractivity contribution in [1.29, 1.82) is 0 Å². The van der Waals surface area contributed by atoms with Gasteiger partial charge in [-0.2, -0.15) is 5.10 Å². The fraction of sp³-hybridized carbons (Fsp3) is 0.0455. The number of amides is 1. The second-order valence-corrected chi connectivity index (χ2v) is 7.85. The van der Waals surface area contributed by atoms with E-state index in [4.69, 9.17) is 55.9 Å². The van der Waals surface area contributed by atoms with Crippen LogP contribution in [0.5, 0.6) is 11.5 Å². The van der Waals surface area contributed by atoms with Crippen molar-refractivity contribution in [2.45, 2.75) is 0 Å². The summed E-state index contributed by atoms with van der Waals surface area (Å²) in [4.78, 5) is 24.1. The topological polar surface area (TPSA) is 77.0 Å². The van der Waals surface area contributed by atoms with E-state index < -0.39 is 11.9 Å². The fourth-order valence-electron chi connectivity index (χ4n) is 2.39. The lowest BCUT2D eigenvalue weighted by Crippen LogP contribution is -2.24. The highest BCUT2D eigenvalue weighted by molar-refractivity contribution is 6.43. The van der Waals surface area contributed by atoms with Crippen LogP contribution < -0.4 is 14.9 Å². The van der Waals surface area contributed by atoms with E-state index in [-0.39, 0.29) is 22.2 Å². The summed E-state index contributed by atoms with van der Waals surface area (Å²) in [6.07, 6.45) is 1.42. The maximum absolute atomic E-state index is 12.2. The monoisotopic (exact) mass is 510 g/mol. The molecule has 32 heavy (non-hydrogen) atoms. The van der Waals surface area contributed by atoms with Crippen LogP contribution in [0.25, 0.3) is 0 Å². The lowest BCUT2D eigenvalue weighted by atomic mass is 10.2. The van der Waals surface area contributed by atoms with Crippen LogP contribution in [0.15, 0.2) is 65.8 Å². The normalized spacial score (nSPS) is 10.8. The number of halogens is 4. The first-order valence-electron chi connectivity index (χ1n) is 8.99. The molecule has 0 bridgehead atoms. The molecule has 0 heterocycles. The summed E-state index contributed by atoms with van der Waals surface area (Å²) in [5.74, 6) is -0.486. The lowest BCUT2D eigenvalue weighted by Gasteiger charge is -2.07. The Labute approximate surface area is 203 Å². The van der Waals surface area contributed by atoms with Gasteiger partial charge >= 0.3 is 5.97 Å². The highest BCUT2D eigenvalue weighted by Gasteiger charge is 2.13. The van der Waals surface area contributed by atoms with Crippen molar-refractivity contribution in [1.82, 2.24) is 5.43 Å². The molecule has 164 valence electrons. The van der Waals surface area contributed by atoms with E-state index in [1.807, 2.05) is 0 Å². The second kappa shape index (κ2) is 11.2. The summed E-state index contributed by atoms with van der Waals surface area (Å²) >= 11 is 23.7. The first-order chi connectivity index (χ1) is 15.3. The standard InChI is InChI=1S/C22H14Cl4N2O4/c23-14-6-9-16(18(25)10-14)22(30)32-15-7-4-13(5-8-15)11-27-28-20(29)12-31-19-3-1-2-17(24)21(19)26/h1-11H,12H2,(H,28,29)/b27-11+. The molecule has 0 unspecified atom stereocenters. The van der Waals surface area contributed by atoms with Gasteiger partial charge in [-0.15, -0.1) is 0 Å². The van der Waals surface area contributed by atoms with Crippen LogP contribution in [0.4, 0.5) is 0 Å². The average Bonchev–Trinajstić information content (AvgIpc) is 2.76. The number of hydrazone groups is 1. The Morgan fingerprint density at radius 3 is 2.41 bits per heavy atom. The predicted molar refractivity (Wildman–Crippen MR) is 126 cm³/mol. The highest BCUT2D eigenvalue weighted by atomic mass is 35.5. The van der Waals surface area contributed by atoms with E-state index in [0.29, 0.717) is 27.1 Å². The molecule has 3 aromatic rings. The van der Waals surface area contributed by atoms with Crippen LogP contribution in [-0.2, 0) is 4.79 Å². The number of carbonyl (C=O) groups is 2. The third kappa shape index (κ3) is 6.61. The number of nitrogens with zero attached hydrogens (tertiary/aromatic N) is 1. The first-order valence-corrected chi connectivity index (χ1v) is 10.5. The van der Waals surface area contributed by atoms with Gasteiger partial charge in [0.1, 0.15) is 16.5 Å². The molecule has 0 aromatic heterocycles. The molecule has 0 aliphatic heterocycles. The molecule has 1 N–H and O–H groups in total. The number of esters is 1. The Morgan fingerprint density at radius 2 is 1.69 bits per heavy atom. The Balaban J connectivity index is 1.50. The van der Waals surface area contributed by atoms with Gasteiger partial charge in [-0.05, 0) is 60.2 Å². The Morgan fingerprint density at radius 1 is 0.938 bits per heavy atom. The minimum absolute atomic E-state index is 0.198. The van der Waals surface area contributed by atoms with Gasteiger partial charge in [-0.3, -0.25) is 4.79 Å². The summed E-state index contributed by atoms with van der Waals surface area (Å²) in [6, 6.07) is 15.8. The molecule has 1 amide bonds. The third-order valence-corrected chi connectivity index (χ3v) is 5.27. The molecule has 6 nitrogen and oxygen atoms in total. The van der Waals surface area contributed by atoms with Crippen LogP contribution in [0.3, 0.4) is 0 Å².